The Kier molecular flexibility index (Phi) is 9.60. The van der Waals surface area contributed by atoms with E-state index in [4.69, 9.17) is 16.3 Å². The fourth-order valence-corrected chi connectivity index (χ4v) is 4.22. The van der Waals surface area contributed by atoms with Gasteiger partial charge < -0.3 is 10.1 Å². The number of carbonyl (C=O) groups is 1. The Hall–Kier alpha value is -1.93. The van der Waals surface area contributed by atoms with Crippen molar-refractivity contribution in [2.45, 2.75) is 24.7 Å². The Morgan fingerprint density at radius 3 is 2.45 bits per heavy atom. The zero-order valence-electron chi connectivity index (χ0n) is 16.5. The van der Waals surface area contributed by atoms with Crippen molar-refractivity contribution in [2.75, 3.05) is 32.8 Å². The summed E-state index contributed by atoms with van der Waals surface area (Å²) >= 11 is 5.88. The third-order valence-electron chi connectivity index (χ3n) is 4.26. The van der Waals surface area contributed by atoms with Gasteiger partial charge in [-0.25, -0.2) is 8.42 Å². The molecule has 0 saturated carbocycles. The molecule has 0 heterocycles. The van der Waals surface area contributed by atoms with E-state index in [-0.39, 0.29) is 23.9 Å². The van der Waals surface area contributed by atoms with E-state index in [0.29, 0.717) is 37.6 Å². The molecule has 1 N–H and O–H groups in total. The van der Waals surface area contributed by atoms with Gasteiger partial charge in [-0.2, -0.15) is 4.31 Å². The number of amides is 1. The lowest BCUT2D eigenvalue weighted by Gasteiger charge is -2.22. The molecule has 8 heteroatoms. The number of sulfonamides is 1. The quantitative estimate of drug-likeness (QED) is 0.516. The van der Waals surface area contributed by atoms with Crippen LogP contribution in [-0.4, -0.2) is 51.5 Å². The van der Waals surface area contributed by atoms with Crippen LogP contribution in [0.1, 0.15) is 18.9 Å². The highest BCUT2D eigenvalue weighted by Crippen LogP contribution is 2.19. The Morgan fingerprint density at radius 1 is 1.10 bits per heavy atom. The van der Waals surface area contributed by atoms with Crippen molar-refractivity contribution in [3.05, 3.63) is 65.2 Å². The van der Waals surface area contributed by atoms with Crippen LogP contribution in [0.15, 0.2) is 59.5 Å². The summed E-state index contributed by atoms with van der Waals surface area (Å²) in [5.41, 5.74) is 1.00. The summed E-state index contributed by atoms with van der Waals surface area (Å²) in [6.07, 6.45) is 1.18. The standard InChI is InChI=1S/C21H27ClN2O4S/c1-2-28-16-6-14-23-21(25)17-24(15-13-18-7-4-3-5-8-18)29(26,27)20-11-9-19(22)10-12-20/h3-5,7-12H,2,6,13-17H2,1H3,(H,23,25). The van der Waals surface area contributed by atoms with Crippen LogP contribution in [0.25, 0.3) is 0 Å². The molecule has 29 heavy (non-hydrogen) atoms. The minimum atomic E-state index is -3.83. The summed E-state index contributed by atoms with van der Waals surface area (Å²) in [7, 11) is -3.83. The van der Waals surface area contributed by atoms with Crippen molar-refractivity contribution in [3.63, 3.8) is 0 Å². The topological polar surface area (TPSA) is 75.7 Å². The molecule has 0 aromatic heterocycles. The van der Waals surface area contributed by atoms with Crippen LogP contribution in [-0.2, 0) is 26.0 Å². The molecule has 0 aliphatic rings. The summed E-state index contributed by atoms with van der Waals surface area (Å²) in [5.74, 6) is -0.341. The van der Waals surface area contributed by atoms with Crippen LogP contribution in [0.4, 0.5) is 0 Å². The van der Waals surface area contributed by atoms with Gasteiger partial charge in [0.25, 0.3) is 0 Å². The van der Waals surface area contributed by atoms with Crippen molar-refractivity contribution < 1.29 is 17.9 Å². The second-order valence-corrected chi connectivity index (χ2v) is 8.80. The zero-order chi connectivity index (χ0) is 21.1. The Labute approximate surface area is 177 Å². The smallest absolute Gasteiger partial charge is 0.243 e. The van der Waals surface area contributed by atoms with Gasteiger partial charge in [0.2, 0.25) is 15.9 Å². The second-order valence-electron chi connectivity index (χ2n) is 6.43. The molecular formula is C21H27ClN2O4S. The number of nitrogens with one attached hydrogen (secondary N) is 1. The third kappa shape index (κ3) is 7.78. The van der Waals surface area contributed by atoms with Crippen LogP contribution in [0.2, 0.25) is 5.02 Å². The molecule has 0 radical (unpaired) electrons. The van der Waals surface area contributed by atoms with Crippen molar-refractivity contribution in [2.24, 2.45) is 0 Å². The van der Waals surface area contributed by atoms with Gasteiger partial charge in [-0.15, -0.1) is 0 Å². The summed E-state index contributed by atoms with van der Waals surface area (Å²) in [4.78, 5) is 12.5. The minimum absolute atomic E-state index is 0.110. The molecule has 2 rings (SSSR count). The molecule has 6 nitrogen and oxygen atoms in total. The van der Waals surface area contributed by atoms with Crippen LogP contribution in [0, 0.1) is 0 Å². The van der Waals surface area contributed by atoms with E-state index >= 15 is 0 Å². The number of halogens is 1. The van der Waals surface area contributed by atoms with E-state index in [1.165, 1.54) is 28.6 Å². The average molecular weight is 439 g/mol. The maximum absolute atomic E-state index is 13.1. The Balaban J connectivity index is 2.08. The van der Waals surface area contributed by atoms with Crippen LogP contribution in [0.3, 0.4) is 0 Å². The summed E-state index contributed by atoms with van der Waals surface area (Å²) in [6.45, 7) is 3.48. The monoisotopic (exact) mass is 438 g/mol. The number of ether oxygens (including phenoxy) is 1. The lowest BCUT2D eigenvalue weighted by Crippen LogP contribution is -2.42. The second kappa shape index (κ2) is 11.9. The van der Waals surface area contributed by atoms with Gasteiger partial charge in [-0.1, -0.05) is 41.9 Å². The molecule has 0 aliphatic carbocycles. The van der Waals surface area contributed by atoms with Gasteiger partial charge in [-0.05, 0) is 49.6 Å². The molecular weight excluding hydrogens is 412 g/mol. The summed E-state index contributed by atoms with van der Waals surface area (Å²) in [5, 5.41) is 3.21. The molecule has 0 atom stereocenters. The average Bonchev–Trinajstić information content (AvgIpc) is 2.72. The van der Waals surface area contributed by atoms with Gasteiger partial charge in [0.15, 0.2) is 0 Å². The molecule has 0 saturated heterocycles. The van der Waals surface area contributed by atoms with Crippen LogP contribution >= 0.6 is 11.6 Å². The molecule has 2 aromatic rings. The number of nitrogens with zero attached hydrogens (tertiary/aromatic N) is 1. The predicted molar refractivity (Wildman–Crippen MR) is 114 cm³/mol. The summed E-state index contributed by atoms with van der Waals surface area (Å²) < 4.78 is 32.6. The Bertz CT molecular complexity index is 858. The lowest BCUT2D eigenvalue weighted by atomic mass is 10.1. The van der Waals surface area contributed by atoms with Crippen molar-refractivity contribution in [1.29, 1.82) is 0 Å². The van der Waals surface area contributed by atoms with Crippen molar-refractivity contribution in [1.82, 2.24) is 9.62 Å². The highest BCUT2D eigenvalue weighted by atomic mass is 35.5. The number of carbonyl (C=O) groups excluding carboxylic acids is 1. The molecule has 0 fully saturated rings. The van der Waals surface area contributed by atoms with Gasteiger partial charge in [0.05, 0.1) is 11.4 Å². The first kappa shape index (κ1) is 23.3. The fourth-order valence-electron chi connectivity index (χ4n) is 2.70. The van der Waals surface area contributed by atoms with E-state index < -0.39 is 10.0 Å². The number of hydrogen-bond donors (Lipinski definition) is 1. The summed E-state index contributed by atoms with van der Waals surface area (Å²) in [6, 6.07) is 15.5. The van der Waals surface area contributed by atoms with E-state index in [2.05, 4.69) is 5.32 Å². The Morgan fingerprint density at radius 2 is 1.79 bits per heavy atom. The van der Waals surface area contributed by atoms with E-state index in [1.807, 2.05) is 37.3 Å². The highest BCUT2D eigenvalue weighted by molar-refractivity contribution is 7.89. The van der Waals surface area contributed by atoms with Crippen molar-refractivity contribution in [3.8, 4) is 0 Å². The van der Waals surface area contributed by atoms with Gasteiger partial charge in [-0.3, -0.25) is 4.79 Å². The molecule has 0 spiro atoms. The molecule has 0 unspecified atom stereocenters. The van der Waals surface area contributed by atoms with Gasteiger partial charge in [0.1, 0.15) is 0 Å². The lowest BCUT2D eigenvalue weighted by molar-refractivity contribution is -0.121. The highest BCUT2D eigenvalue weighted by Gasteiger charge is 2.26. The first-order valence-electron chi connectivity index (χ1n) is 9.57. The normalized spacial score (nSPS) is 11.6. The van der Waals surface area contributed by atoms with Gasteiger partial charge in [0, 0.05) is 31.3 Å². The predicted octanol–water partition coefficient (Wildman–Crippen LogP) is 3.12. The van der Waals surface area contributed by atoms with Gasteiger partial charge >= 0.3 is 0 Å². The molecule has 2 aromatic carbocycles. The third-order valence-corrected chi connectivity index (χ3v) is 6.37. The number of benzene rings is 2. The first-order chi connectivity index (χ1) is 13.9. The molecule has 0 bridgehead atoms. The number of hydrogen-bond acceptors (Lipinski definition) is 4. The maximum atomic E-state index is 13.1. The van der Waals surface area contributed by atoms with E-state index in [1.54, 1.807) is 0 Å². The zero-order valence-corrected chi connectivity index (χ0v) is 18.1. The minimum Gasteiger partial charge on any atom is -0.382 e. The molecule has 158 valence electrons. The molecule has 0 aliphatic heterocycles. The van der Waals surface area contributed by atoms with Crippen LogP contribution in [0.5, 0.6) is 0 Å². The molecule has 1 amide bonds. The largest absolute Gasteiger partial charge is 0.382 e. The van der Waals surface area contributed by atoms with E-state index in [9.17, 15) is 13.2 Å². The van der Waals surface area contributed by atoms with Crippen LogP contribution < -0.4 is 5.32 Å². The van der Waals surface area contributed by atoms with E-state index in [0.717, 1.165) is 5.56 Å². The van der Waals surface area contributed by atoms with Crippen molar-refractivity contribution >= 4 is 27.5 Å². The number of rotatable bonds is 12. The first-order valence-corrected chi connectivity index (χ1v) is 11.4. The maximum Gasteiger partial charge on any atom is 0.243 e. The fraction of sp³-hybridized carbons (Fsp3) is 0.381. The SMILES string of the molecule is CCOCCCNC(=O)CN(CCc1ccccc1)S(=O)(=O)c1ccc(Cl)cc1.